The highest BCUT2D eigenvalue weighted by Gasteiger charge is 2.18. The van der Waals surface area contributed by atoms with Gasteiger partial charge in [-0.15, -0.1) is 11.3 Å². The average molecular weight is 265 g/mol. The molecule has 0 radical (unpaired) electrons. The van der Waals surface area contributed by atoms with E-state index in [4.69, 9.17) is 10.8 Å². The highest BCUT2D eigenvalue weighted by atomic mass is 32.2. The standard InChI is InChI=1S/C6H7N3O5S2/c1-16(12,13)14-9-4(5(10)11)3-2-15-6(7)8-3/h2H,1H3,(H2,7,8)(H,10,11). The number of nitrogens with two attached hydrogens (primary N) is 1. The molecule has 0 spiro atoms. The third-order valence-corrected chi connectivity index (χ3v) is 2.25. The molecule has 0 bridgehead atoms. The van der Waals surface area contributed by atoms with Crippen molar-refractivity contribution in [2.75, 3.05) is 12.0 Å². The van der Waals surface area contributed by atoms with Crippen LogP contribution < -0.4 is 5.73 Å². The number of rotatable bonds is 4. The van der Waals surface area contributed by atoms with E-state index in [-0.39, 0.29) is 10.8 Å². The zero-order chi connectivity index (χ0) is 12.3. The van der Waals surface area contributed by atoms with E-state index in [9.17, 15) is 13.2 Å². The number of oxime groups is 1. The second kappa shape index (κ2) is 4.45. The molecule has 1 aromatic heterocycles. The van der Waals surface area contributed by atoms with Crippen molar-refractivity contribution >= 4 is 38.3 Å². The predicted octanol–water partition coefficient (Wildman–Crippen LogP) is -0.510. The number of thiazole rings is 1. The molecule has 0 aliphatic carbocycles. The summed E-state index contributed by atoms with van der Waals surface area (Å²) in [6, 6.07) is 0. The number of nitrogens with zero attached hydrogens (tertiary/aromatic N) is 2. The molecule has 0 saturated carbocycles. The molecule has 0 aliphatic heterocycles. The number of anilines is 1. The van der Waals surface area contributed by atoms with E-state index in [2.05, 4.69) is 14.4 Å². The molecule has 88 valence electrons. The molecule has 1 aromatic rings. The van der Waals surface area contributed by atoms with E-state index >= 15 is 0 Å². The van der Waals surface area contributed by atoms with Gasteiger partial charge in [-0.1, -0.05) is 5.16 Å². The van der Waals surface area contributed by atoms with Crippen LogP contribution in [0.1, 0.15) is 5.69 Å². The average Bonchev–Trinajstić information content (AvgIpc) is 2.49. The molecule has 0 aliphatic rings. The lowest BCUT2D eigenvalue weighted by Gasteiger charge is -1.96. The van der Waals surface area contributed by atoms with Crippen LogP contribution in [0.15, 0.2) is 10.5 Å². The van der Waals surface area contributed by atoms with Crippen molar-refractivity contribution in [1.82, 2.24) is 4.98 Å². The Hall–Kier alpha value is -1.68. The minimum Gasteiger partial charge on any atom is -0.476 e. The maximum atomic E-state index is 10.7. The van der Waals surface area contributed by atoms with Crippen LogP contribution in [0.3, 0.4) is 0 Å². The summed E-state index contributed by atoms with van der Waals surface area (Å²) in [6.07, 6.45) is 0.741. The van der Waals surface area contributed by atoms with Gasteiger partial charge in [0, 0.05) is 5.38 Å². The fraction of sp³-hybridized carbons (Fsp3) is 0.167. The Morgan fingerprint density at radius 2 is 2.31 bits per heavy atom. The zero-order valence-corrected chi connectivity index (χ0v) is 9.58. The van der Waals surface area contributed by atoms with Crippen LogP contribution in [0.4, 0.5) is 5.13 Å². The first-order chi connectivity index (χ1) is 7.29. The van der Waals surface area contributed by atoms with Crippen molar-refractivity contribution in [3.8, 4) is 0 Å². The van der Waals surface area contributed by atoms with Crippen molar-refractivity contribution in [2.45, 2.75) is 0 Å². The highest BCUT2D eigenvalue weighted by Crippen LogP contribution is 2.12. The number of hydrogen-bond acceptors (Lipinski definition) is 8. The maximum Gasteiger partial charge on any atom is 0.360 e. The number of nitrogen functional groups attached to an aromatic ring is 1. The van der Waals surface area contributed by atoms with Gasteiger partial charge in [-0.2, -0.15) is 8.42 Å². The monoisotopic (exact) mass is 265 g/mol. The van der Waals surface area contributed by atoms with Crippen LogP contribution in [0.5, 0.6) is 0 Å². The molecule has 0 unspecified atom stereocenters. The van der Waals surface area contributed by atoms with E-state index in [0.717, 1.165) is 17.6 Å². The number of carboxylic acid groups (broad SMARTS) is 1. The molecule has 0 aromatic carbocycles. The van der Waals surface area contributed by atoms with Crippen LogP contribution in [0.2, 0.25) is 0 Å². The minimum atomic E-state index is -3.86. The quantitative estimate of drug-likeness (QED) is 0.553. The summed E-state index contributed by atoms with van der Waals surface area (Å²) in [7, 11) is -3.86. The zero-order valence-electron chi connectivity index (χ0n) is 7.95. The summed E-state index contributed by atoms with van der Waals surface area (Å²) in [5.74, 6) is -1.46. The van der Waals surface area contributed by atoms with Crippen molar-refractivity contribution < 1.29 is 22.6 Å². The second-order valence-corrected chi connectivity index (χ2v) is 5.04. The summed E-state index contributed by atoms with van der Waals surface area (Å²) in [5.41, 5.74) is 4.62. The van der Waals surface area contributed by atoms with Gasteiger partial charge in [0.05, 0.1) is 6.26 Å². The van der Waals surface area contributed by atoms with Gasteiger partial charge in [0.1, 0.15) is 5.69 Å². The molecule has 10 heteroatoms. The van der Waals surface area contributed by atoms with E-state index in [0.29, 0.717) is 0 Å². The minimum absolute atomic E-state index is 0.0568. The molecule has 0 saturated heterocycles. The van der Waals surface area contributed by atoms with Crippen molar-refractivity contribution in [3.05, 3.63) is 11.1 Å². The third-order valence-electron chi connectivity index (χ3n) is 1.23. The van der Waals surface area contributed by atoms with E-state index in [1.54, 1.807) is 0 Å². The Balaban J connectivity index is 3.06. The molecular formula is C6H7N3O5S2. The summed E-state index contributed by atoms with van der Waals surface area (Å²) < 4.78 is 25.3. The van der Waals surface area contributed by atoms with Crippen molar-refractivity contribution in [3.63, 3.8) is 0 Å². The Kier molecular flexibility index (Phi) is 3.44. The first-order valence-corrected chi connectivity index (χ1v) is 6.40. The van der Waals surface area contributed by atoms with Crippen molar-refractivity contribution in [1.29, 1.82) is 0 Å². The number of carboxylic acids is 1. The fourth-order valence-corrected chi connectivity index (χ4v) is 1.45. The van der Waals surface area contributed by atoms with Crippen LogP contribution in [0, 0.1) is 0 Å². The third kappa shape index (κ3) is 3.47. The topological polar surface area (TPSA) is 132 Å². The predicted molar refractivity (Wildman–Crippen MR) is 56.6 cm³/mol. The van der Waals surface area contributed by atoms with E-state index < -0.39 is 21.8 Å². The summed E-state index contributed by atoms with van der Waals surface area (Å²) in [6.45, 7) is 0. The highest BCUT2D eigenvalue weighted by molar-refractivity contribution is 7.85. The molecule has 1 heterocycles. The summed E-state index contributed by atoms with van der Waals surface area (Å²) >= 11 is 1.00. The Morgan fingerprint density at radius 3 is 2.69 bits per heavy atom. The molecule has 0 amide bonds. The van der Waals surface area contributed by atoms with E-state index in [1.165, 1.54) is 5.38 Å². The number of carbonyl (C=O) groups is 1. The molecule has 8 nitrogen and oxygen atoms in total. The first-order valence-electron chi connectivity index (χ1n) is 3.71. The van der Waals surface area contributed by atoms with Gasteiger partial charge in [0.15, 0.2) is 5.13 Å². The normalized spacial score (nSPS) is 12.4. The first kappa shape index (κ1) is 12.4. The van der Waals surface area contributed by atoms with Gasteiger partial charge in [-0.3, -0.25) is 4.28 Å². The summed E-state index contributed by atoms with van der Waals surface area (Å²) in [4.78, 5) is 14.4. The Bertz CT molecular complexity index is 532. The van der Waals surface area contributed by atoms with Gasteiger partial charge in [0.2, 0.25) is 5.71 Å². The van der Waals surface area contributed by atoms with Gasteiger partial charge in [0.25, 0.3) is 0 Å². The smallest absolute Gasteiger partial charge is 0.360 e. The van der Waals surface area contributed by atoms with Crippen molar-refractivity contribution in [2.24, 2.45) is 5.16 Å². The maximum absolute atomic E-state index is 10.7. The Morgan fingerprint density at radius 1 is 1.69 bits per heavy atom. The van der Waals surface area contributed by atoms with Crippen LogP contribution >= 0.6 is 11.3 Å². The number of aromatic nitrogens is 1. The molecule has 1 rings (SSSR count). The lowest BCUT2D eigenvalue weighted by Crippen LogP contribution is -2.16. The SMILES string of the molecule is CS(=O)(=O)ON=C(C(=O)O)c1csc(N)n1. The van der Waals surface area contributed by atoms with Crippen LogP contribution in [-0.4, -0.2) is 36.4 Å². The molecule has 0 fully saturated rings. The largest absolute Gasteiger partial charge is 0.476 e. The lowest BCUT2D eigenvalue weighted by molar-refractivity contribution is -0.129. The molecule has 16 heavy (non-hydrogen) atoms. The summed E-state index contributed by atoms with van der Waals surface area (Å²) in [5, 5.41) is 13.2. The molecular weight excluding hydrogens is 258 g/mol. The van der Waals surface area contributed by atoms with Gasteiger partial charge < -0.3 is 10.8 Å². The van der Waals surface area contributed by atoms with Crippen LogP contribution in [0.25, 0.3) is 0 Å². The van der Waals surface area contributed by atoms with Gasteiger partial charge in [-0.05, 0) is 0 Å². The lowest BCUT2D eigenvalue weighted by atomic mass is 10.3. The second-order valence-electron chi connectivity index (χ2n) is 2.59. The molecule has 0 atom stereocenters. The van der Waals surface area contributed by atoms with Gasteiger partial charge in [-0.25, -0.2) is 9.78 Å². The Labute approximate surface area is 94.5 Å². The molecule has 3 N–H and O–H groups in total. The fourth-order valence-electron chi connectivity index (χ4n) is 0.697. The number of aliphatic carboxylic acids is 1. The van der Waals surface area contributed by atoms with E-state index in [1.807, 2.05) is 0 Å². The van der Waals surface area contributed by atoms with Crippen LogP contribution in [-0.2, 0) is 19.2 Å². The van der Waals surface area contributed by atoms with Gasteiger partial charge >= 0.3 is 16.1 Å². The number of hydrogen-bond donors (Lipinski definition) is 2.